The predicted octanol–water partition coefficient (Wildman–Crippen LogP) is 3.66. The highest BCUT2D eigenvalue weighted by molar-refractivity contribution is 5.26. The van der Waals surface area contributed by atoms with Crippen LogP contribution in [0.25, 0.3) is 0 Å². The molecule has 4 aliphatic carbocycles. The molecule has 0 spiro atoms. The van der Waals surface area contributed by atoms with E-state index in [1.54, 1.807) is 0 Å². The van der Waals surface area contributed by atoms with Gasteiger partial charge in [0.2, 0.25) is 0 Å². The normalized spacial score (nSPS) is 54.0. The van der Waals surface area contributed by atoms with Gasteiger partial charge in [-0.2, -0.15) is 0 Å². The van der Waals surface area contributed by atoms with Crippen molar-refractivity contribution >= 4 is 0 Å². The predicted molar refractivity (Wildman–Crippen MR) is 103 cm³/mol. The first-order chi connectivity index (χ1) is 12.8. The van der Waals surface area contributed by atoms with Crippen molar-refractivity contribution in [2.24, 2.45) is 34.5 Å². The third kappa shape index (κ3) is 2.49. The highest BCUT2D eigenvalue weighted by Gasteiger charge is 2.65. The van der Waals surface area contributed by atoms with E-state index in [9.17, 15) is 10.2 Å². The molecule has 0 amide bonds. The van der Waals surface area contributed by atoms with Gasteiger partial charge in [-0.25, -0.2) is 0 Å². The van der Waals surface area contributed by atoms with Crippen LogP contribution in [-0.2, 0) is 9.47 Å². The molecular formula is C23H36O4. The number of aliphatic hydroxyl groups is 2. The Morgan fingerprint density at radius 1 is 1.04 bits per heavy atom. The fourth-order valence-corrected chi connectivity index (χ4v) is 8.37. The SMILES string of the molecule is CC1([C@@H]2CC[C@@H]3[C@H]4CC=C5C[C@@H](O)CC[C@]5(C)[C@@H]4[C@H](O)C[C@@]32C)OCCO1. The summed E-state index contributed by atoms with van der Waals surface area (Å²) in [5.74, 6) is 1.38. The first-order valence-electron chi connectivity index (χ1n) is 11.1. The molecule has 27 heavy (non-hydrogen) atoms. The van der Waals surface area contributed by atoms with Crippen molar-refractivity contribution in [3.8, 4) is 0 Å². The first kappa shape index (κ1) is 18.6. The second-order valence-electron chi connectivity index (χ2n) is 10.7. The molecule has 4 nitrogen and oxygen atoms in total. The van der Waals surface area contributed by atoms with Crippen LogP contribution in [0.2, 0.25) is 0 Å². The number of hydrogen-bond donors (Lipinski definition) is 2. The van der Waals surface area contributed by atoms with Crippen LogP contribution >= 0.6 is 0 Å². The van der Waals surface area contributed by atoms with E-state index in [0.717, 1.165) is 38.5 Å². The van der Waals surface area contributed by atoms with Gasteiger partial charge in [0.25, 0.3) is 0 Å². The Hall–Kier alpha value is -0.420. The topological polar surface area (TPSA) is 58.9 Å². The Bertz CT molecular complexity index is 638. The molecule has 4 heteroatoms. The Labute approximate surface area is 163 Å². The summed E-state index contributed by atoms with van der Waals surface area (Å²) in [6, 6.07) is 0. The molecule has 3 saturated carbocycles. The Morgan fingerprint density at radius 2 is 1.78 bits per heavy atom. The summed E-state index contributed by atoms with van der Waals surface area (Å²) in [7, 11) is 0. The van der Waals surface area contributed by atoms with Crippen molar-refractivity contribution in [1.82, 2.24) is 0 Å². The Morgan fingerprint density at radius 3 is 2.52 bits per heavy atom. The molecule has 1 heterocycles. The van der Waals surface area contributed by atoms with Gasteiger partial charge >= 0.3 is 0 Å². The number of ether oxygens (including phenoxy) is 2. The van der Waals surface area contributed by atoms with Gasteiger partial charge in [-0.1, -0.05) is 25.5 Å². The smallest absolute Gasteiger partial charge is 0.169 e. The number of hydrogen-bond acceptors (Lipinski definition) is 4. The highest BCUT2D eigenvalue weighted by atomic mass is 16.7. The molecule has 0 aromatic rings. The first-order valence-corrected chi connectivity index (χ1v) is 11.1. The second kappa shape index (κ2) is 6.04. The average molecular weight is 377 g/mol. The van der Waals surface area contributed by atoms with Gasteiger partial charge in [0.15, 0.2) is 5.79 Å². The summed E-state index contributed by atoms with van der Waals surface area (Å²) in [4.78, 5) is 0. The van der Waals surface area contributed by atoms with Gasteiger partial charge in [0.1, 0.15) is 0 Å². The van der Waals surface area contributed by atoms with E-state index in [-0.39, 0.29) is 23.0 Å². The third-order valence-corrected chi connectivity index (χ3v) is 9.50. The maximum absolute atomic E-state index is 11.5. The average Bonchev–Trinajstić information content (AvgIpc) is 3.19. The van der Waals surface area contributed by atoms with Crippen molar-refractivity contribution in [1.29, 1.82) is 0 Å². The van der Waals surface area contributed by atoms with Crippen LogP contribution in [0.15, 0.2) is 11.6 Å². The van der Waals surface area contributed by atoms with E-state index in [2.05, 4.69) is 26.8 Å². The van der Waals surface area contributed by atoms with Gasteiger partial charge in [-0.05, 0) is 80.5 Å². The van der Waals surface area contributed by atoms with Crippen LogP contribution in [0.4, 0.5) is 0 Å². The Kier molecular flexibility index (Phi) is 4.16. The molecule has 4 fully saturated rings. The zero-order valence-electron chi connectivity index (χ0n) is 17.1. The van der Waals surface area contributed by atoms with Crippen molar-refractivity contribution in [2.45, 2.75) is 83.7 Å². The molecule has 0 radical (unpaired) electrons. The third-order valence-electron chi connectivity index (χ3n) is 9.50. The summed E-state index contributed by atoms with van der Waals surface area (Å²) < 4.78 is 12.2. The van der Waals surface area contributed by atoms with Crippen LogP contribution in [0.3, 0.4) is 0 Å². The van der Waals surface area contributed by atoms with Gasteiger partial charge in [-0.15, -0.1) is 0 Å². The van der Waals surface area contributed by atoms with E-state index in [1.165, 1.54) is 12.0 Å². The van der Waals surface area contributed by atoms with E-state index < -0.39 is 5.79 Å². The van der Waals surface area contributed by atoms with E-state index >= 15 is 0 Å². The lowest BCUT2D eigenvalue weighted by Crippen LogP contribution is -2.58. The minimum Gasteiger partial charge on any atom is -0.393 e. The van der Waals surface area contributed by atoms with Gasteiger partial charge in [0, 0.05) is 5.92 Å². The molecule has 2 N–H and O–H groups in total. The maximum Gasteiger partial charge on any atom is 0.169 e. The zero-order valence-corrected chi connectivity index (χ0v) is 17.1. The number of aliphatic hydroxyl groups excluding tert-OH is 2. The van der Waals surface area contributed by atoms with Gasteiger partial charge < -0.3 is 19.7 Å². The highest BCUT2D eigenvalue weighted by Crippen LogP contribution is 2.68. The number of fused-ring (bicyclic) bond motifs is 5. The summed E-state index contributed by atoms with van der Waals surface area (Å²) in [5.41, 5.74) is 1.55. The van der Waals surface area contributed by atoms with Crippen molar-refractivity contribution in [3.05, 3.63) is 11.6 Å². The molecule has 152 valence electrons. The van der Waals surface area contributed by atoms with Crippen LogP contribution < -0.4 is 0 Å². The van der Waals surface area contributed by atoms with Crippen LogP contribution in [0, 0.1) is 34.5 Å². The summed E-state index contributed by atoms with van der Waals surface area (Å²) in [5, 5.41) is 21.6. The molecular weight excluding hydrogens is 340 g/mol. The summed E-state index contributed by atoms with van der Waals surface area (Å²) in [6.07, 6.45) is 8.92. The molecule has 5 aliphatic rings. The largest absolute Gasteiger partial charge is 0.393 e. The Balaban J connectivity index is 1.49. The molecule has 8 atom stereocenters. The van der Waals surface area contributed by atoms with Crippen molar-refractivity contribution in [2.75, 3.05) is 13.2 Å². The lowest BCUT2D eigenvalue weighted by Gasteiger charge is -2.60. The van der Waals surface area contributed by atoms with Gasteiger partial charge in [-0.3, -0.25) is 0 Å². The van der Waals surface area contributed by atoms with Gasteiger partial charge in [0.05, 0.1) is 25.4 Å². The molecule has 1 saturated heterocycles. The zero-order chi connectivity index (χ0) is 19.0. The summed E-state index contributed by atoms with van der Waals surface area (Å²) in [6.45, 7) is 8.27. The summed E-state index contributed by atoms with van der Waals surface area (Å²) >= 11 is 0. The maximum atomic E-state index is 11.5. The van der Waals surface area contributed by atoms with Crippen molar-refractivity contribution in [3.63, 3.8) is 0 Å². The molecule has 0 bridgehead atoms. The number of allylic oxidation sites excluding steroid dienone is 1. The molecule has 0 aromatic heterocycles. The van der Waals surface area contributed by atoms with Crippen LogP contribution in [0.1, 0.15) is 65.7 Å². The monoisotopic (exact) mass is 376 g/mol. The standard InChI is InChI=1S/C23H36O4/c1-21-9-8-15(24)12-14(21)4-5-16-17-6-7-19(23(3)26-10-11-27-23)22(17,2)13-18(25)20(16)21/h4,15-20,24-25H,5-13H2,1-3H3/t15-,16+,17+,18+,19+,20-,21-,22-/m0/s1. The lowest BCUT2D eigenvalue weighted by atomic mass is 9.46. The van der Waals surface area contributed by atoms with E-state index in [0.29, 0.717) is 36.9 Å². The minimum absolute atomic E-state index is 0.0608. The molecule has 0 aromatic carbocycles. The quantitative estimate of drug-likeness (QED) is 0.686. The molecule has 1 aliphatic heterocycles. The van der Waals surface area contributed by atoms with Crippen LogP contribution in [0.5, 0.6) is 0 Å². The fraction of sp³-hybridized carbons (Fsp3) is 0.913. The van der Waals surface area contributed by atoms with E-state index in [1.807, 2.05) is 0 Å². The number of rotatable bonds is 1. The van der Waals surface area contributed by atoms with E-state index in [4.69, 9.17) is 9.47 Å². The van der Waals surface area contributed by atoms with Crippen LogP contribution in [-0.4, -0.2) is 41.4 Å². The molecule has 0 unspecified atom stereocenters. The second-order valence-corrected chi connectivity index (χ2v) is 10.7. The van der Waals surface area contributed by atoms with Crippen molar-refractivity contribution < 1.29 is 19.7 Å². The minimum atomic E-state index is -0.482. The lowest BCUT2D eigenvalue weighted by molar-refractivity contribution is -0.223. The molecule has 5 rings (SSSR count). The fourth-order valence-electron chi connectivity index (χ4n) is 8.37.